The van der Waals surface area contributed by atoms with E-state index in [1.807, 2.05) is 0 Å². The second-order valence-corrected chi connectivity index (χ2v) is 18.9. The summed E-state index contributed by atoms with van der Waals surface area (Å²) in [6, 6.07) is 6.06. The SMILES string of the molecule is C=C[C@H]1C[C@]1(NC(=O)[C@@H]1C[C@@H]2CN1C(=O)[C@H](C1CCCC1)CC(=O)O[C@@H]1CCC[C@H]1CCCCCn1c(nc3ccccc3c1=O)O2)C(=O)NS(=O)(=O)C1CC1. The number of nitrogens with one attached hydrogen (secondary N) is 2. The highest BCUT2D eigenvalue weighted by Gasteiger charge is 2.62. The second kappa shape index (κ2) is 15.6. The number of hydrogen-bond acceptors (Lipinski definition) is 10. The van der Waals surface area contributed by atoms with Gasteiger partial charge in [0.1, 0.15) is 23.8 Å². The van der Waals surface area contributed by atoms with Crippen molar-refractivity contribution in [2.45, 2.75) is 138 Å². The van der Waals surface area contributed by atoms with Crippen molar-refractivity contribution in [2.24, 2.45) is 23.7 Å². The van der Waals surface area contributed by atoms with Gasteiger partial charge in [0.25, 0.3) is 17.5 Å². The molecule has 8 rings (SSSR count). The number of nitrogens with zero attached hydrogens (tertiary/aromatic N) is 3. The topological polar surface area (TPSA) is 183 Å². The van der Waals surface area contributed by atoms with Crippen LogP contribution in [0.5, 0.6) is 6.01 Å². The van der Waals surface area contributed by atoms with Gasteiger partial charge < -0.3 is 19.7 Å². The monoisotopic (exact) mass is 791 g/mol. The first-order valence-electron chi connectivity index (χ1n) is 20.6. The molecule has 5 fully saturated rings. The van der Waals surface area contributed by atoms with Crippen LogP contribution in [0.1, 0.15) is 103 Å². The number of benzene rings is 1. The molecule has 1 aromatic carbocycles. The van der Waals surface area contributed by atoms with E-state index in [0.29, 0.717) is 36.7 Å². The number of fused-ring (bicyclic) bond motifs is 5. The molecule has 3 heterocycles. The Morgan fingerprint density at radius 1 is 0.911 bits per heavy atom. The van der Waals surface area contributed by atoms with Gasteiger partial charge in [0.2, 0.25) is 21.8 Å². The number of carbonyl (C=O) groups is 4. The molecule has 1 saturated heterocycles. The molecule has 3 amide bonds. The number of carbonyl (C=O) groups excluding carboxylic acids is 4. The third-order valence-electron chi connectivity index (χ3n) is 13.2. The molecule has 1 aromatic heterocycles. The number of hydrogen-bond donors (Lipinski definition) is 2. The molecule has 14 nitrogen and oxygen atoms in total. The van der Waals surface area contributed by atoms with Crippen molar-refractivity contribution in [1.82, 2.24) is 24.5 Å². The normalized spacial score (nSPS) is 31.7. The van der Waals surface area contributed by atoms with Gasteiger partial charge >= 0.3 is 5.97 Å². The molecule has 2 aromatic rings. The van der Waals surface area contributed by atoms with Crippen molar-refractivity contribution >= 4 is 44.6 Å². The van der Waals surface area contributed by atoms with Crippen molar-refractivity contribution in [3.8, 4) is 6.01 Å². The molecule has 15 heteroatoms. The highest BCUT2D eigenvalue weighted by Crippen LogP contribution is 2.46. The van der Waals surface area contributed by atoms with Crippen LogP contribution in [-0.4, -0.2) is 82.1 Å². The van der Waals surface area contributed by atoms with Crippen LogP contribution in [0.15, 0.2) is 41.7 Å². The Bertz CT molecular complexity index is 2060. The van der Waals surface area contributed by atoms with Gasteiger partial charge in [-0.25, -0.2) is 8.42 Å². The predicted octanol–water partition coefficient (Wildman–Crippen LogP) is 3.90. The first-order valence-corrected chi connectivity index (χ1v) is 22.2. The van der Waals surface area contributed by atoms with Crippen LogP contribution in [0.2, 0.25) is 0 Å². The molecule has 4 saturated carbocycles. The summed E-state index contributed by atoms with van der Waals surface area (Å²) in [5.41, 5.74) is -1.31. The fraction of sp³-hybridized carbons (Fsp3) is 0.659. The maximum Gasteiger partial charge on any atom is 0.306 e. The van der Waals surface area contributed by atoms with Crippen molar-refractivity contribution in [3.63, 3.8) is 0 Å². The van der Waals surface area contributed by atoms with E-state index >= 15 is 0 Å². The first-order chi connectivity index (χ1) is 27.0. The molecule has 2 bridgehead atoms. The smallest absolute Gasteiger partial charge is 0.306 e. The molecule has 0 spiro atoms. The number of aromatic nitrogens is 2. The minimum atomic E-state index is -3.90. The summed E-state index contributed by atoms with van der Waals surface area (Å²) >= 11 is 0. The lowest BCUT2D eigenvalue weighted by Gasteiger charge is -2.32. The highest BCUT2D eigenvalue weighted by atomic mass is 32.2. The lowest BCUT2D eigenvalue weighted by atomic mass is 9.86. The fourth-order valence-electron chi connectivity index (χ4n) is 9.74. The van der Waals surface area contributed by atoms with E-state index in [2.05, 4.69) is 16.6 Å². The van der Waals surface area contributed by atoms with Crippen LogP contribution in [0.4, 0.5) is 0 Å². The number of esters is 1. The van der Waals surface area contributed by atoms with Crippen LogP contribution in [0.25, 0.3) is 10.9 Å². The highest BCUT2D eigenvalue weighted by molar-refractivity contribution is 7.91. The lowest BCUT2D eigenvalue weighted by molar-refractivity contribution is -0.156. The average molecular weight is 792 g/mol. The van der Waals surface area contributed by atoms with Gasteiger partial charge in [-0.1, -0.05) is 43.9 Å². The van der Waals surface area contributed by atoms with Gasteiger partial charge in [-0.2, -0.15) is 4.98 Å². The van der Waals surface area contributed by atoms with E-state index in [1.54, 1.807) is 28.8 Å². The first kappa shape index (κ1) is 38.6. The van der Waals surface area contributed by atoms with Gasteiger partial charge in [-0.3, -0.25) is 33.3 Å². The van der Waals surface area contributed by atoms with Gasteiger partial charge in [0.05, 0.1) is 35.0 Å². The Balaban J connectivity index is 1.13. The Morgan fingerprint density at radius 3 is 2.39 bits per heavy atom. The largest absolute Gasteiger partial charge is 0.462 e. The zero-order valence-corrected chi connectivity index (χ0v) is 32.7. The molecule has 56 heavy (non-hydrogen) atoms. The maximum absolute atomic E-state index is 14.9. The van der Waals surface area contributed by atoms with E-state index in [1.165, 1.54) is 11.0 Å². The molecule has 2 N–H and O–H groups in total. The quantitative estimate of drug-likeness (QED) is 0.308. The van der Waals surface area contributed by atoms with Crippen LogP contribution in [0, 0.1) is 23.7 Å². The van der Waals surface area contributed by atoms with Crippen molar-refractivity contribution in [3.05, 3.63) is 47.3 Å². The van der Waals surface area contributed by atoms with Crippen LogP contribution in [0.3, 0.4) is 0 Å². The van der Waals surface area contributed by atoms with Crippen LogP contribution < -0.4 is 20.3 Å². The summed E-state index contributed by atoms with van der Waals surface area (Å²) in [6.07, 6.45) is 11.1. The Hall–Kier alpha value is -4.27. The second-order valence-electron chi connectivity index (χ2n) is 17.0. The predicted molar refractivity (Wildman–Crippen MR) is 206 cm³/mol. The zero-order valence-electron chi connectivity index (χ0n) is 31.9. The van der Waals surface area contributed by atoms with Crippen molar-refractivity contribution in [1.29, 1.82) is 0 Å². The van der Waals surface area contributed by atoms with Gasteiger partial charge in [-0.05, 0) is 88.2 Å². The summed E-state index contributed by atoms with van der Waals surface area (Å²) in [5.74, 6) is -3.30. The van der Waals surface area contributed by atoms with E-state index in [9.17, 15) is 32.4 Å². The summed E-state index contributed by atoms with van der Waals surface area (Å²) in [4.78, 5) is 76.8. The van der Waals surface area contributed by atoms with Crippen LogP contribution in [-0.2, 0) is 40.5 Å². The van der Waals surface area contributed by atoms with Gasteiger partial charge in [0, 0.05) is 18.9 Å². The minimum Gasteiger partial charge on any atom is -0.462 e. The van der Waals surface area contributed by atoms with E-state index in [-0.39, 0.29) is 61.2 Å². The number of para-hydroxylation sites is 1. The third-order valence-corrected chi connectivity index (χ3v) is 15.0. The molecular formula is C41H53N5O9S. The van der Waals surface area contributed by atoms with Gasteiger partial charge in [-0.15, -0.1) is 6.58 Å². The standard InChI is InChI=1S/C41H53N5O9S/c1-2-27-23-41(27,39(51)44-56(52,53)29-18-19-29)43-36(48)33-21-28-24-46(33)38(50)31(25-11-5-6-12-25)22-35(47)55-34-17-10-14-26(34)13-4-3-9-20-45-37(49)30-15-7-8-16-32(30)42-40(45)54-28/h2,7-8,15-16,25-29,31,33-34H,1,3-6,9-14,17-24H2,(H,43,48)(H,44,51)/t26-,27+,28-,31+,33+,34-,41-/m1/s1. The van der Waals surface area contributed by atoms with Crippen molar-refractivity contribution in [2.75, 3.05) is 6.54 Å². The molecule has 2 aliphatic heterocycles. The summed E-state index contributed by atoms with van der Waals surface area (Å²) in [5, 5.41) is 2.67. The lowest BCUT2D eigenvalue weighted by Crippen LogP contribution is -2.57. The number of amides is 3. The Morgan fingerprint density at radius 2 is 1.64 bits per heavy atom. The summed E-state index contributed by atoms with van der Waals surface area (Å²) < 4.78 is 42.0. The average Bonchev–Trinajstić information content (AvgIpc) is 3.96. The zero-order chi connectivity index (χ0) is 39.2. The molecule has 0 unspecified atom stereocenters. The van der Waals surface area contributed by atoms with Crippen molar-refractivity contribution < 1.29 is 37.1 Å². The molecule has 7 atom stereocenters. The minimum absolute atomic E-state index is 0.0166. The van der Waals surface area contributed by atoms with E-state index in [0.717, 1.165) is 64.2 Å². The van der Waals surface area contributed by atoms with E-state index < -0.39 is 62.6 Å². The third kappa shape index (κ3) is 7.71. The molecule has 6 aliphatic rings. The number of sulfonamides is 1. The number of ether oxygens (including phenoxy) is 2. The Kier molecular flexibility index (Phi) is 10.7. The summed E-state index contributed by atoms with van der Waals surface area (Å²) in [7, 11) is -3.90. The fourth-order valence-corrected chi connectivity index (χ4v) is 11.1. The Labute approximate surface area is 327 Å². The van der Waals surface area contributed by atoms with Crippen LogP contribution >= 0.6 is 0 Å². The number of rotatable bonds is 7. The molecule has 302 valence electrons. The van der Waals surface area contributed by atoms with E-state index in [4.69, 9.17) is 14.5 Å². The maximum atomic E-state index is 14.9. The molecular weight excluding hydrogens is 739 g/mol. The molecule has 0 radical (unpaired) electrons. The molecule has 4 aliphatic carbocycles. The van der Waals surface area contributed by atoms with Gasteiger partial charge in [0.15, 0.2) is 0 Å². The summed E-state index contributed by atoms with van der Waals surface area (Å²) in [6.45, 7) is 4.14.